The predicted octanol–water partition coefficient (Wildman–Crippen LogP) is 2.97. The molecule has 0 bridgehead atoms. The lowest BCUT2D eigenvalue weighted by Crippen LogP contribution is -2.27. The summed E-state index contributed by atoms with van der Waals surface area (Å²) in [5.74, 6) is 1.17. The number of rotatable bonds is 4. The van der Waals surface area contributed by atoms with Crippen molar-refractivity contribution in [3.63, 3.8) is 0 Å². The smallest absolute Gasteiger partial charge is 0.135 e. The lowest BCUT2D eigenvalue weighted by atomic mass is 10.1. The summed E-state index contributed by atoms with van der Waals surface area (Å²) in [4.78, 5) is 11.3. The third-order valence-electron chi connectivity index (χ3n) is 3.39. The van der Waals surface area contributed by atoms with Gasteiger partial charge in [0, 0.05) is 29.7 Å². The van der Waals surface area contributed by atoms with Crippen molar-refractivity contribution in [1.29, 1.82) is 0 Å². The molecule has 0 radical (unpaired) electrons. The van der Waals surface area contributed by atoms with Gasteiger partial charge in [0.05, 0.1) is 0 Å². The molecule has 0 unspecified atom stereocenters. The quantitative estimate of drug-likeness (QED) is 0.632. The molecular weight excluding hydrogens is 278 g/mol. The third kappa shape index (κ3) is 2.97. The van der Waals surface area contributed by atoms with Gasteiger partial charge >= 0.3 is 0 Å². The highest BCUT2D eigenvalue weighted by Gasteiger charge is 2.17. The molecule has 1 aliphatic carbocycles. The van der Waals surface area contributed by atoms with Gasteiger partial charge in [0.1, 0.15) is 12.1 Å². The number of fused-ring (bicyclic) bond motifs is 1. The molecule has 1 heterocycles. The fraction of sp³-hybridized carbons (Fsp3) is 0.692. The van der Waals surface area contributed by atoms with Gasteiger partial charge in [-0.1, -0.05) is 22.4 Å². The van der Waals surface area contributed by atoms with E-state index >= 15 is 0 Å². The maximum atomic E-state index is 4.52. The van der Waals surface area contributed by atoms with Crippen LogP contribution in [-0.2, 0) is 12.8 Å². The first-order chi connectivity index (χ1) is 8.36. The first-order valence-electron chi connectivity index (χ1n) is 6.50. The maximum Gasteiger partial charge on any atom is 0.135 e. The molecule has 1 aromatic heterocycles. The number of hydrogen-bond donors (Lipinski definition) is 0. The number of anilines is 1. The zero-order valence-corrected chi connectivity index (χ0v) is 12.0. The standard InChI is InChI=1S/C13H20BrN3/c1-2-17(9-8-14)13-11-6-4-3-5-7-12(11)15-10-16-13/h10H,2-9H2,1H3. The summed E-state index contributed by atoms with van der Waals surface area (Å²) in [7, 11) is 0. The van der Waals surface area contributed by atoms with Gasteiger partial charge < -0.3 is 4.90 Å². The zero-order chi connectivity index (χ0) is 12.1. The van der Waals surface area contributed by atoms with Gasteiger partial charge in [0.2, 0.25) is 0 Å². The zero-order valence-electron chi connectivity index (χ0n) is 10.5. The first-order valence-corrected chi connectivity index (χ1v) is 7.62. The van der Waals surface area contributed by atoms with Crippen LogP contribution in [-0.4, -0.2) is 28.4 Å². The molecule has 94 valence electrons. The monoisotopic (exact) mass is 297 g/mol. The third-order valence-corrected chi connectivity index (χ3v) is 3.74. The molecule has 0 atom stereocenters. The van der Waals surface area contributed by atoms with Crippen LogP contribution in [0, 0.1) is 0 Å². The molecule has 0 N–H and O–H groups in total. The Hall–Kier alpha value is -0.640. The predicted molar refractivity (Wildman–Crippen MR) is 75.0 cm³/mol. The minimum atomic E-state index is 0.986. The Morgan fingerprint density at radius 1 is 1.24 bits per heavy atom. The Morgan fingerprint density at radius 3 is 2.82 bits per heavy atom. The molecule has 0 amide bonds. The van der Waals surface area contributed by atoms with Crippen molar-refractivity contribution < 1.29 is 0 Å². The summed E-state index contributed by atoms with van der Waals surface area (Å²) in [5.41, 5.74) is 2.67. The molecule has 17 heavy (non-hydrogen) atoms. The number of alkyl halides is 1. The average molecular weight is 298 g/mol. The fourth-order valence-corrected chi connectivity index (χ4v) is 2.90. The summed E-state index contributed by atoms with van der Waals surface area (Å²) < 4.78 is 0. The van der Waals surface area contributed by atoms with Crippen LogP contribution < -0.4 is 4.90 Å². The summed E-state index contributed by atoms with van der Waals surface area (Å²) in [6.45, 7) is 4.21. The Labute approximate surface area is 112 Å². The summed E-state index contributed by atoms with van der Waals surface area (Å²) >= 11 is 3.51. The molecule has 0 aromatic carbocycles. The van der Waals surface area contributed by atoms with Crippen LogP contribution in [0.4, 0.5) is 5.82 Å². The van der Waals surface area contributed by atoms with Crippen molar-refractivity contribution in [3.05, 3.63) is 17.6 Å². The van der Waals surface area contributed by atoms with Gasteiger partial charge in [-0.25, -0.2) is 9.97 Å². The van der Waals surface area contributed by atoms with E-state index in [1.165, 1.54) is 36.3 Å². The average Bonchev–Trinajstić information content (AvgIpc) is 2.60. The number of nitrogens with zero attached hydrogens (tertiary/aromatic N) is 3. The van der Waals surface area contributed by atoms with E-state index in [1.807, 2.05) is 0 Å². The van der Waals surface area contributed by atoms with Gasteiger partial charge in [0.25, 0.3) is 0 Å². The minimum absolute atomic E-state index is 0.986. The van der Waals surface area contributed by atoms with Crippen molar-refractivity contribution in [2.75, 3.05) is 23.3 Å². The van der Waals surface area contributed by atoms with Gasteiger partial charge in [-0.3, -0.25) is 0 Å². The Balaban J connectivity index is 2.32. The van der Waals surface area contributed by atoms with E-state index in [9.17, 15) is 0 Å². The normalized spacial score (nSPS) is 15.2. The van der Waals surface area contributed by atoms with E-state index in [0.29, 0.717) is 0 Å². The Morgan fingerprint density at radius 2 is 2.06 bits per heavy atom. The molecule has 4 heteroatoms. The van der Waals surface area contributed by atoms with Crippen LogP contribution in [0.2, 0.25) is 0 Å². The van der Waals surface area contributed by atoms with Crippen molar-refractivity contribution in [1.82, 2.24) is 9.97 Å². The summed E-state index contributed by atoms with van der Waals surface area (Å²) in [6, 6.07) is 0. The molecule has 3 nitrogen and oxygen atoms in total. The molecule has 1 aromatic rings. The molecular formula is C13H20BrN3. The van der Waals surface area contributed by atoms with Gasteiger partial charge in [-0.2, -0.15) is 0 Å². The second kappa shape index (κ2) is 6.34. The van der Waals surface area contributed by atoms with E-state index in [1.54, 1.807) is 6.33 Å². The number of aryl methyl sites for hydroxylation is 1. The molecule has 0 aliphatic heterocycles. The van der Waals surface area contributed by atoms with E-state index in [4.69, 9.17) is 0 Å². The van der Waals surface area contributed by atoms with Crippen molar-refractivity contribution in [3.8, 4) is 0 Å². The highest BCUT2D eigenvalue weighted by atomic mass is 79.9. The topological polar surface area (TPSA) is 29.0 Å². The highest BCUT2D eigenvalue weighted by Crippen LogP contribution is 2.26. The first kappa shape index (κ1) is 12.8. The Kier molecular flexibility index (Phi) is 4.77. The van der Waals surface area contributed by atoms with E-state index in [2.05, 4.69) is 37.7 Å². The number of hydrogen-bond acceptors (Lipinski definition) is 3. The largest absolute Gasteiger partial charge is 0.356 e. The second-order valence-electron chi connectivity index (χ2n) is 4.45. The van der Waals surface area contributed by atoms with Crippen molar-refractivity contribution in [2.24, 2.45) is 0 Å². The lowest BCUT2D eigenvalue weighted by molar-refractivity contribution is 0.708. The van der Waals surface area contributed by atoms with Crippen LogP contribution in [0.3, 0.4) is 0 Å². The van der Waals surface area contributed by atoms with Crippen LogP contribution in [0.25, 0.3) is 0 Å². The lowest BCUT2D eigenvalue weighted by Gasteiger charge is -2.24. The van der Waals surface area contributed by atoms with Crippen molar-refractivity contribution in [2.45, 2.75) is 39.0 Å². The van der Waals surface area contributed by atoms with E-state index < -0.39 is 0 Å². The molecule has 0 saturated heterocycles. The van der Waals surface area contributed by atoms with Gasteiger partial charge in [-0.15, -0.1) is 0 Å². The fourth-order valence-electron chi connectivity index (χ4n) is 2.47. The Bertz CT molecular complexity index is 368. The number of halogens is 1. The summed E-state index contributed by atoms with van der Waals surface area (Å²) in [5, 5.41) is 0.986. The van der Waals surface area contributed by atoms with Gasteiger partial charge in [-0.05, 0) is 32.6 Å². The van der Waals surface area contributed by atoms with Gasteiger partial charge in [0.15, 0.2) is 0 Å². The molecule has 1 aliphatic rings. The molecule has 2 rings (SSSR count). The maximum absolute atomic E-state index is 4.52. The number of aromatic nitrogens is 2. The van der Waals surface area contributed by atoms with Crippen LogP contribution in [0.1, 0.15) is 37.4 Å². The van der Waals surface area contributed by atoms with Crippen molar-refractivity contribution >= 4 is 21.7 Å². The minimum Gasteiger partial charge on any atom is -0.356 e. The SMILES string of the molecule is CCN(CCBr)c1ncnc2c1CCCCC2. The van der Waals surface area contributed by atoms with Crippen LogP contribution in [0.5, 0.6) is 0 Å². The van der Waals surface area contributed by atoms with Crippen LogP contribution >= 0.6 is 15.9 Å². The van der Waals surface area contributed by atoms with Crippen LogP contribution in [0.15, 0.2) is 6.33 Å². The van der Waals surface area contributed by atoms with E-state index in [-0.39, 0.29) is 0 Å². The molecule has 0 saturated carbocycles. The van der Waals surface area contributed by atoms with E-state index in [0.717, 1.165) is 31.3 Å². The second-order valence-corrected chi connectivity index (χ2v) is 5.24. The highest BCUT2D eigenvalue weighted by molar-refractivity contribution is 9.09. The molecule has 0 spiro atoms. The summed E-state index contributed by atoms with van der Waals surface area (Å²) in [6.07, 6.45) is 7.87. The molecule has 0 fully saturated rings.